The number of benzene rings is 2. The van der Waals surface area contributed by atoms with Gasteiger partial charge in [-0.1, -0.05) is 39.7 Å². The third-order valence-electron chi connectivity index (χ3n) is 3.98. The number of anilines is 1. The summed E-state index contributed by atoms with van der Waals surface area (Å²) in [6.45, 7) is 0. The Morgan fingerprint density at radius 3 is 2.71 bits per heavy atom. The second kappa shape index (κ2) is 6.29. The van der Waals surface area contributed by atoms with Gasteiger partial charge in [0.2, 0.25) is 0 Å². The van der Waals surface area contributed by atoms with Gasteiger partial charge in [0.05, 0.1) is 12.8 Å². The van der Waals surface area contributed by atoms with Crippen LogP contribution >= 0.6 is 27.5 Å². The highest BCUT2D eigenvalue weighted by Gasteiger charge is 2.30. The first-order valence-electron chi connectivity index (χ1n) is 7.01. The van der Waals surface area contributed by atoms with Crippen LogP contribution in [0.25, 0.3) is 0 Å². The van der Waals surface area contributed by atoms with E-state index >= 15 is 0 Å². The first-order valence-corrected chi connectivity index (χ1v) is 8.18. The normalized spacial score (nSPS) is 20.7. The molecule has 1 saturated carbocycles. The molecule has 1 fully saturated rings. The fraction of sp³-hybridized carbons (Fsp3) is 0.294. The molecule has 0 saturated heterocycles. The Morgan fingerprint density at radius 2 is 2.00 bits per heavy atom. The van der Waals surface area contributed by atoms with Crippen LogP contribution in [0.3, 0.4) is 0 Å². The summed E-state index contributed by atoms with van der Waals surface area (Å²) in [6, 6.07) is 14.7. The van der Waals surface area contributed by atoms with Gasteiger partial charge >= 0.3 is 0 Å². The van der Waals surface area contributed by atoms with E-state index in [0.717, 1.165) is 33.8 Å². The number of ether oxygens (including phenoxy) is 1. The molecule has 2 nitrogen and oxygen atoms in total. The second-order valence-corrected chi connectivity index (χ2v) is 6.76. The van der Waals surface area contributed by atoms with Crippen LogP contribution in [0.5, 0.6) is 5.75 Å². The maximum atomic E-state index is 6.06. The van der Waals surface area contributed by atoms with E-state index in [1.54, 1.807) is 7.11 Å². The number of halogens is 2. The van der Waals surface area contributed by atoms with Crippen molar-refractivity contribution in [3.63, 3.8) is 0 Å². The SMILES string of the molecule is COc1ccc(Br)cc1NC1CC(c2cccc(Cl)c2)C1. The number of hydrogen-bond donors (Lipinski definition) is 1. The lowest BCUT2D eigenvalue weighted by Gasteiger charge is -2.37. The Balaban J connectivity index is 1.64. The van der Waals surface area contributed by atoms with Gasteiger partial charge in [0.15, 0.2) is 0 Å². The highest BCUT2D eigenvalue weighted by Crippen LogP contribution is 2.40. The van der Waals surface area contributed by atoms with Crippen LogP contribution in [-0.4, -0.2) is 13.2 Å². The van der Waals surface area contributed by atoms with Crippen molar-refractivity contribution in [1.29, 1.82) is 0 Å². The van der Waals surface area contributed by atoms with Crippen molar-refractivity contribution in [3.8, 4) is 5.75 Å². The quantitative estimate of drug-likeness (QED) is 0.774. The zero-order valence-corrected chi connectivity index (χ0v) is 14.1. The molecule has 2 aromatic carbocycles. The molecular weight excluding hydrogens is 350 g/mol. The van der Waals surface area contributed by atoms with Crippen molar-refractivity contribution in [2.24, 2.45) is 0 Å². The van der Waals surface area contributed by atoms with Crippen molar-refractivity contribution in [1.82, 2.24) is 0 Å². The summed E-state index contributed by atoms with van der Waals surface area (Å²) in [7, 11) is 1.70. The maximum absolute atomic E-state index is 6.06. The minimum atomic E-state index is 0.484. The molecule has 1 aliphatic rings. The van der Waals surface area contributed by atoms with Crippen LogP contribution in [0.2, 0.25) is 5.02 Å². The number of nitrogens with one attached hydrogen (secondary N) is 1. The van der Waals surface area contributed by atoms with Crippen LogP contribution in [0.4, 0.5) is 5.69 Å². The standard InChI is InChI=1S/C17H17BrClNO/c1-21-17-6-5-13(18)10-16(17)20-15-8-12(9-15)11-3-2-4-14(19)7-11/h2-7,10,12,15,20H,8-9H2,1H3. The molecule has 1 N–H and O–H groups in total. The average Bonchev–Trinajstić information content (AvgIpc) is 2.42. The second-order valence-electron chi connectivity index (χ2n) is 5.41. The molecule has 110 valence electrons. The van der Waals surface area contributed by atoms with Gasteiger partial charge in [-0.3, -0.25) is 0 Å². The summed E-state index contributed by atoms with van der Waals surface area (Å²) < 4.78 is 6.45. The zero-order valence-electron chi connectivity index (χ0n) is 11.8. The van der Waals surface area contributed by atoms with Crippen LogP contribution in [0.15, 0.2) is 46.9 Å². The van der Waals surface area contributed by atoms with Crippen molar-refractivity contribution in [3.05, 3.63) is 57.5 Å². The molecule has 0 atom stereocenters. The summed E-state index contributed by atoms with van der Waals surface area (Å²) in [4.78, 5) is 0. The zero-order chi connectivity index (χ0) is 14.8. The molecule has 2 aromatic rings. The maximum Gasteiger partial charge on any atom is 0.142 e. The van der Waals surface area contributed by atoms with Crippen LogP contribution in [0, 0.1) is 0 Å². The van der Waals surface area contributed by atoms with E-state index in [1.807, 2.05) is 24.3 Å². The molecule has 3 rings (SSSR count). The van der Waals surface area contributed by atoms with Gasteiger partial charge in [-0.25, -0.2) is 0 Å². The molecule has 0 spiro atoms. The van der Waals surface area contributed by atoms with Crippen LogP contribution < -0.4 is 10.1 Å². The van der Waals surface area contributed by atoms with Gasteiger partial charge in [-0.15, -0.1) is 0 Å². The molecule has 0 heterocycles. The molecule has 0 radical (unpaired) electrons. The smallest absolute Gasteiger partial charge is 0.142 e. The monoisotopic (exact) mass is 365 g/mol. The first-order chi connectivity index (χ1) is 10.2. The summed E-state index contributed by atoms with van der Waals surface area (Å²) in [5.74, 6) is 1.48. The van der Waals surface area contributed by atoms with Crippen molar-refractivity contribution in [2.75, 3.05) is 12.4 Å². The van der Waals surface area contributed by atoms with Gasteiger partial charge in [0, 0.05) is 15.5 Å². The summed E-state index contributed by atoms with van der Waals surface area (Å²) in [5.41, 5.74) is 2.38. The predicted octanol–water partition coefficient (Wildman–Crippen LogP) is 5.47. The Hall–Kier alpha value is -1.19. The molecule has 1 aliphatic carbocycles. The molecule has 21 heavy (non-hydrogen) atoms. The molecule has 0 unspecified atom stereocenters. The topological polar surface area (TPSA) is 21.3 Å². The third-order valence-corrected chi connectivity index (χ3v) is 4.71. The average molecular weight is 367 g/mol. The number of methoxy groups -OCH3 is 1. The lowest BCUT2D eigenvalue weighted by molar-refractivity contribution is 0.370. The van der Waals surface area contributed by atoms with E-state index in [0.29, 0.717) is 12.0 Å². The fourth-order valence-corrected chi connectivity index (χ4v) is 3.34. The minimum absolute atomic E-state index is 0.484. The van der Waals surface area contributed by atoms with Gasteiger partial charge in [0.25, 0.3) is 0 Å². The van der Waals surface area contributed by atoms with Gasteiger partial charge in [-0.05, 0) is 54.7 Å². The van der Waals surface area contributed by atoms with Crippen LogP contribution in [0.1, 0.15) is 24.3 Å². The molecule has 0 aliphatic heterocycles. The number of rotatable bonds is 4. The molecule has 0 amide bonds. The first kappa shape index (κ1) is 14.7. The Bertz CT molecular complexity index is 640. The lowest BCUT2D eigenvalue weighted by atomic mass is 9.76. The van der Waals surface area contributed by atoms with Gasteiger partial charge < -0.3 is 10.1 Å². The molecule has 4 heteroatoms. The lowest BCUT2D eigenvalue weighted by Crippen LogP contribution is -2.34. The summed E-state index contributed by atoms with van der Waals surface area (Å²) in [5, 5.41) is 4.38. The highest BCUT2D eigenvalue weighted by molar-refractivity contribution is 9.10. The highest BCUT2D eigenvalue weighted by atomic mass is 79.9. The Kier molecular flexibility index (Phi) is 4.41. The van der Waals surface area contributed by atoms with E-state index in [1.165, 1.54) is 5.56 Å². The van der Waals surface area contributed by atoms with Crippen molar-refractivity contribution < 1.29 is 4.74 Å². The van der Waals surface area contributed by atoms with E-state index in [4.69, 9.17) is 16.3 Å². The van der Waals surface area contributed by atoms with E-state index in [9.17, 15) is 0 Å². The third kappa shape index (κ3) is 3.35. The van der Waals surface area contributed by atoms with Crippen LogP contribution in [-0.2, 0) is 0 Å². The predicted molar refractivity (Wildman–Crippen MR) is 91.5 cm³/mol. The summed E-state index contributed by atoms with van der Waals surface area (Å²) in [6.07, 6.45) is 2.24. The minimum Gasteiger partial charge on any atom is -0.495 e. The Labute approximate surface area is 138 Å². The van der Waals surface area contributed by atoms with Gasteiger partial charge in [0.1, 0.15) is 5.75 Å². The van der Waals surface area contributed by atoms with Crippen molar-refractivity contribution in [2.45, 2.75) is 24.8 Å². The van der Waals surface area contributed by atoms with E-state index < -0.39 is 0 Å². The largest absolute Gasteiger partial charge is 0.495 e. The number of hydrogen-bond acceptors (Lipinski definition) is 2. The van der Waals surface area contributed by atoms with Gasteiger partial charge in [-0.2, -0.15) is 0 Å². The Morgan fingerprint density at radius 1 is 1.19 bits per heavy atom. The van der Waals surface area contributed by atoms with E-state index in [-0.39, 0.29) is 0 Å². The fourth-order valence-electron chi connectivity index (χ4n) is 2.78. The molecule has 0 aromatic heterocycles. The molecule has 0 bridgehead atoms. The van der Waals surface area contributed by atoms with Crippen molar-refractivity contribution >= 4 is 33.2 Å². The molecular formula is C17H17BrClNO. The summed E-state index contributed by atoms with van der Waals surface area (Å²) >= 11 is 9.56. The van der Waals surface area contributed by atoms with E-state index in [2.05, 4.69) is 39.4 Å².